The van der Waals surface area contributed by atoms with Crippen molar-refractivity contribution in [1.29, 1.82) is 0 Å². The third-order valence-corrected chi connectivity index (χ3v) is 4.48. The summed E-state index contributed by atoms with van der Waals surface area (Å²) in [5, 5.41) is 5.63. The lowest BCUT2D eigenvalue weighted by Gasteiger charge is -2.22. The van der Waals surface area contributed by atoms with E-state index < -0.39 is 0 Å². The van der Waals surface area contributed by atoms with Crippen LogP contribution in [0.4, 0.5) is 0 Å². The van der Waals surface area contributed by atoms with E-state index in [9.17, 15) is 0 Å². The minimum absolute atomic E-state index is 0.131. The van der Waals surface area contributed by atoms with Crippen LogP contribution in [-0.4, -0.2) is 6.54 Å². The van der Waals surface area contributed by atoms with E-state index in [2.05, 4.69) is 19.2 Å². The highest BCUT2D eigenvalue weighted by Crippen LogP contribution is 2.31. The van der Waals surface area contributed by atoms with Gasteiger partial charge in [0, 0.05) is 21.1 Å². The van der Waals surface area contributed by atoms with Crippen LogP contribution >= 0.6 is 34.8 Å². The summed E-state index contributed by atoms with van der Waals surface area (Å²) >= 11 is 18.7. The Morgan fingerprint density at radius 1 is 1.05 bits per heavy atom. The molecule has 0 amide bonds. The monoisotopic (exact) mass is 341 g/mol. The molecule has 0 saturated carbocycles. The summed E-state index contributed by atoms with van der Waals surface area (Å²) in [6.07, 6.45) is 0.730. The van der Waals surface area contributed by atoms with Crippen molar-refractivity contribution in [2.24, 2.45) is 0 Å². The van der Waals surface area contributed by atoms with E-state index in [-0.39, 0.29) is 6.04 Å². The van der Waals surface area contributed by atoms with Crippen molar-refractivity contribution in [1.82, 2.24) is 5.32 Å². The van der Waals surface area contributed by atoms with Crippen molar-refractivity contribution in [3.8, 4) is 0 Å². The van der Waals surface area contributed by atoms with Crippen molar-refractivity contribution in [3.05, 3.63) is 68.2 Å². The van der Waals surface area contributed by atoms with Crippen LogP contribution in [0.2, 0.25) is 15.1 Å². The van der Waals surface area contributed by atoms with Crippen LogP contribution in [0, 0.1) is 6.92 Å². The first-order chi connectivity index (χ1) is 10.0. The lowest BCUT2D eigenvalue weighted by molar-refractivity contribution is 0.547. The number of halogens is 3. The second-order valence-electron chi connectivity index (χ2n) is 5.02. The molecule has 0 aliphatic carbocycles. The highest BCUT2D eigenvalue weighted by Gasteiger charge is 2.17. The summed E-state index contributed by atoms with van der Waals surface area (Å²) in [7, 11) is 0. The van der Waals surface area contributed by atoms with E-state index in [0.717, 1.165) is 23.6 Å². The van der Waals surface area contributed by atoms with Crippen molar-refractivity contribution >= 4 is 34.8 Å². The van der Waals surface area contributed by atoms with Gasteiger partial charge in [0.25, 0.3) is 0 Å². The molecule has 0 radical (unpaired) electrons. The van der Waals surface area contributed by atoms with E-state index in [1.165, 1.54) is 11.1 Å². The first-order valence-electron chi connectivity index (χ1n) is 6.95. The fourth-order valence-corrected chi connectivity index (χ4v) is 3.19. The van der Waals surface area contributed by atoms with Gasteiger partial charge < -0.3 is 5.32 Å². The smallest absolute Gasteiger partial charge is 0.0453 e. The fraction of sp³-hybridized carbons (Fsp3) is 0.294. The standard InChI is InChI=1S/C17H18Cl3N/c1-3-21-17(13-9-12(18)8-7-11(13)2)10-14-15(19)5-4-6-16(14)20/h4-9,17,21H,3,10H2,1-2H3. The van der Waals surface area contributed by atoms with Gasteiger partial charge in [0.1, 0.15) is 0 Å². The number of hydrogen-bond acceptors (Lipinski definition) is 1. The Balaban J connectivity index is 2.38. The molecule has 21 heavy (non-hydrogen) atoms. The molecule has 0 spiro atoms. The zero-order valence-corrected chi connectivity index (χ0v) is 14.4. The van der Waals surface area contributed by atoms with E-state index in [0.29, 0.717) is 10.0 Å². The zero-order chi connectivity index (χ0) is 15.4. The summed E-state index contributed by atoms with van der Waals surface area (Å²) < 4.78 is 0. The molecule has 1 unspecified atom stereocenters. The number of benzene rings is 2. The highest BCUT2D eigenvalue weighted by molar-refractivity contribution is 6.36. The first-order valence-corrected chi connectivity index (χ1v) is 8.08. The Hall–Kier alpha value is -0.730. The van der Waals surface area contributed by atoms with Crippen LogP contribution in [0.1, 0.15) is 29.7 Å². The average molecular weight is 343 g/mol. The molecule has 112 valence electrons. The van der Waals surface area contributed by atoms with Crippen LogP contribution in [0.25, 0.3) is 0 Å². The predicted octanol–water partition coefficient (Wildman–Crippen LogP) is 5.85. The number of likely N-dealkylation sites (N-methyl/N-ethyl adjacent to an activating group) is 1. The maximum absolute atomic E-state index is 6.29. The summed E-state index contributed by atoms with van der Waals surface area (Å²) in [5.74, 6) is 0. The van der Waals surface area contributed by atoms with Gasteiger partial charge in [0.2, 0.25) is 0 Å². The van der Waals surface area contributed by atoms with E-state index in [1.807, 2.05) is 36.4 Å². The van der Waals surface area contributed by atoms with E-state index in [1.54, 1.807) is 0 Å². The quantitative estimate of drug-likeness (QED) is 0.719. The molecule has 2 aromatic carbocycles. The van der Waals surface area contributed by atoms with E-state index in [4.69, 9.17) is 34.8 Å². The Morgan fingerprint density at radius 2 is 1.71 bits per heavy atom. The Kier molecular flexibility index (Phi) is 5.95. The molecule has 1 nitrogen and oxygen atoms in total. The molecule has 4 heteroatoms. The van der Waals surface area contributed by atoms with Gasteiger partial charge in [-0.1, -0.05) is 53.9 Å². The molecule has 0 bridgehead atoms. The normalized spacial score (nSPS) is 12.4. The van der Waals surface area contributed by atoms with Crippen LogP contribution in [0.5, 0.6) is 0 Å². The molecule has 2 rings (SSSR count). The third kappa shape index (κ3) is 4.14. The van der Waals surface area contributed by atoms with Gasteiger partial charge in [-0.15, -0.1) is 0 Å². The Bertz CT molecular complexity index is 605. The summed E-state index contributed by atoms with van der Waals surface area (Å²) in [6.45, 7) is 5.03. The number of hydrogen-bond donors (Lipinski definition) is 1. The second-order valence-corrected chi connectivity index (χ2v) is 6.27. The lowest BCUT2D eigenvalue weighted by Crippen LogP contribution is -2.24. The van der Waals surface area contributed by atoms with Crippen LogP contribution in [-0.2, 0) is 6.42 Å². The molecule has 0 aromatic heterocycles. The maximum Gasteiger partial charge on any atom is 0.0453 e. The van der Waals surface area contributed by atoms with Crippen molar-refractivity contribution < 1.29 is 0 Å². The topological polar surface area (TPSA) is 12.0 Å². The van der Waals surface area contributed by atoms with Crippen molar-refractivity contribution in [2.45, 2.75) is 26.3 Å². The van der Waals surface area contributed by atoms with E-state index >= 15 is 0 Å². The molecule has 0 saturated heterocycles. The second kappa shape index (κ2) is 7.51. The van der Waals surface area contributed by atoms with Crippen LogP contribution in [0.3, 0.4) is 0 Å². The summed E-state index contributed by atoms with van der Waals surface area (Å²) in [4.78, 5) is 0. The number of aryl methyl sites for hydroxylation is 1. The van der Waals surface area contributed by atoms with Crippen molar-refractivity contribution in [3.63, 3.8) is 0 Å². The van der Waals surface area contributed by atoms with Gasteiger partial charge in [-0.25, -0.2) is 0 Å². The minimum Gasteiger partial charge on any atom is -0.310 e. The average Bonchev–Trinajstić information content (AvgIpc) is 2.44. The Morgan fingerprint density at radius 3 is 2.33 bits per heavy atom. The maximum atomic E-state index is 6.29. The van der Waals surface area contributed by atoms with Gasteiger partial charge in [0.15, 0.2) is 0 Å². The zero-order valence-electron chi connectivity index (χ0n) is 12.1. The van der Waals surface area contributed by atoms with Gasteiger partial charge in [-0.3, -0.25) is 0 Å². The first kappa shape index (κ1) is 16.6. The molecule has 0 aliphatic heterocycles. The van der Waals surface area contributed by atoms with Gasteiger partial charge >= 0.3 is 0 Å². The predicted molar refractivity (Wildman–Crippen MR) is 92.8 cm³/mol. The SMILES string of the molecule is CCNC(Cc1c(Cl)cccc1Cl)c1cc(Cl)ccc1C. The molecular formula is C17H18Cl3N. The molecule has 1 atom stereocenters. The summed E-state index contributed by atoms with van der Waals surface area (Å²) in [6, 6.07) is 11.7. The van der Waals surface area contributed by atoms with Gasteiger partial charge in [-0.05, 0) is 60.8 Å². The third-order valence-electron chi connectivity index (χ3n) is 3.54. The lowest BCUT2D eigenvalue weighted by atomic mass is 9.95. The number of nitrogens with one attached hydrogen (secondary N) is 1. The molecule has 1 N–H and O–H groups in total. The largest absolute Gasteiger partial charge is 0.310 e. The van der Waals surface area contributed by atoms with Crippen LogP contribution < -0.4 is 5.32 Å². The number of rotatable bonds is 5. The molecule has 0 fully saturated rings. The van der Waals surface area contributed by atoms with Crippen LogP contribution in [0.15, 0.2) is 36.4 Å². The minimum atomic E-state index is 0.131. The Labute approximate surface area is 141 Å². The fourth-order valence-electron chi connectivity index (χ4n) is 2.46. The van der Waals surface area contributed by atoms with Crippen molar-refractivity contribution in [2.75, 3.05) is 6.54 Å². The highest BCUT2D eigenvalue weighted by atomic mass is 35.5. The van der Waals surface area contributed by atoms with Gasteiger partial charge in [-0.2, -0.15) is 0 Å². The molecule has 0 aliphatic rings. The molecule has 2 aromatic rings. The molecular weight excluding hydrogens is 325 g/mol. The molecule has 0 heterocycles. The van der Waals surface area contributed by atoms with Gasteiger partial charge in [0.05, 0.1) is 0 Å². The summed E-state index contributed by atoms with van der Waals surface area (Å²) in [5.41, 5.74) is 3.35.